The highest BCUT2D eigenvalue weighted by Crippen LogP contribution is 2.14. The van der Waals surface area contributed by atoms with E-state index in [1.54, 1.807) is 0 Å². The number of guanidine groups is 1. The van der Waals surface area contributed by atoms with Crippen LogP contribution in [0.1, 0.15) is 15.3 Å². The largest absolute Gasteiger partial charge is 0.351 e. The van der Waals surface area contributed by atoms with Crippen molar-refractivity contribution < 1.29 is 0 Å². The first-order valence-electron chi connectivity index (χ1n) is 6.70. The van der Waals surface area contributed by atoms with Crippen molar-refractivity contribution in [3.8, 4) is 0 Å². The first-order valence-corrected chi connectivity index (χ1v) is 7.51. The van der Waals surface area contributed by atoms with E-state index in [2.05, 4.69) is 65.6 Å². The van der Waals surface area contributed by atoms with Crippen LogP contribution in [0.15, 0.2) is 47.5 Å². The van der Waals surface area contributed by atoms with E-state index >= 15 is 0 Å². The molecule has 0 atom stereocenters. The molecule has 21 heavy (non-hydrogen) atoms. The van der Waals surface area contributed by atoms with Crippen molar-refractivity contribution in [1.29, 1.82) is 0 Å². The molecule has 3 nitrogen and oxygen atoms in total. The summed E-state index contributed by atoms with van der Waals surface area (Å²) in [5.74, 6) is 0.917. The molecular formula is C16H22IN3S. The van der Waals surface area contributed by atoms with Gasteiger partial charge in [0.1, 0.15) is 0 Å². The average Bonchev–Trinajstić information content (AvgIpc) is 2.86. The van der Waals surface area contributed by atoms with Crippen LogP contribution in [0.5, 0.6) is 0 Å². The lowest BCUT2D eigenvalue weighted by molar-refractivity contribution is 0.477. The topological polar surface area (TPSA) is 27.6 Å². The number of rotatable bonds is 4. The van der Waals surface area contributed by atoms with Gasteiger partial charge >= 0.3 is 0 Å². The summed E-state index contributed by atoms with van der Waals surface area (Å²) < 4.78 is 0. The van der Waals surface area contributed by atoms with Gasteiger partial charge in [-0.15, -0.1) is 35.3 Å². The Bertz CT molecular complexity index is 566. The Kier molecular flexibility index (Phi) is 7.74. The maximum absolute atomic E-state index is 4.34. The van der Waals surface area contributed by atoms with Crippen molar-refractivity contribution in [3.63, 3.8) is 0 Å². The molecule has 0 saturated heterocycles. The van der Waals surface area contributed by atoms with Gasteiger partial charge < -0.3 is 10.2 Å². The number of aryl methyl sites for hydroxylation is 1. The summed E-state index contributed by atoms with van der Waals surface area (Å²) in [4.78, 5) is 9.15. The van der Waals surface area contributed by atoms with Crippen LogP contribution in [-0.4, -0.2) is 25.0 Å². The fraction of sp³-hybridized carbons (Fsp3) is 0.312. The number of thiophene rings is 1. The Morgan fingerprint density at radius 1 is 1.19 bits per heavy atom. The maximum atomic E-state index is 4.34. The fourth-order valence-electron chi connectivity index (χ4n) is 2.06. The minimum absolute atomic E-state index is 0. The Morgan fingerprint density at radius 3 is 2.48 bits per heavy atom. The fourth-order valence-corrected chi connectivity index (χ4v) is 2.89. The van der Waals surface area contributed by atoms with E-state index in [0.717, 1.165) is 19.0 Å². The third kappa shape index (κ3) is 5.67. The molecule has 0 amide bonds. The van der Waals surface area contributed by atoms with Gasteiger partial charge in [-0.1, -0.05) is 30.3 Å². The molecule has 0 saturated carbocycles. The highest BCUT2D eigenvalue weighted by Gasteiger charge is 2.06. The number of benzene rings is 1. The second-order valence-corrected chi connectivity index (χ2v) is 6.13. The molecule has 0 radical (unpaired) electrons. The molecule has 1 aromatic heterocycles. The summed E-state index contributed by atoms with van der Waals surface area (Å²) in [5, 5.41) is 3.41. The molecule has 1 heterocycles. The third-order valence-corrected chi connectivity index (χ3v) is 4.05. The van der Waals surface area contributed by atoms with Gasteiger partial charge in [-0.05, 0) is 24.6 Å². The summed E-state index contributed by atoms with van der Waals surface area (Å²) in [6.45, 7) is 3.80. The molecular weight excluding hydrogens is 393 g/mol. The molecule has 2 aromatic rings. The second-order valence-electron chi connectivity index (χ2n) is 4.75. The molecule has 0 spiro atoms. The predicted octanol–water partition coefficient (Wildman–Crippen LogP) is 3.88. The number of nitrogens with one attached hydrogen (secondary N) is 1. The van der Waals surface area contributed by atoms with Gasteiger partial charge in [-0.25, -0.2) is 0 Å². The lowest BCUT2D eigenvalue weighted by atomic mass is 10.2. The van der Waals surface area contributed by atoms with Crippen LogP contribution in [0, 0.1) is 6.92 Å². The molecule has 5 heteroatoms. The highest BCUT2D eigenvalue weighted by molar-refractivity contribution is 14.0. The number of aliphatic imine (C=N–C) groups is 1. The van der Waals surface area contributed by atoms with Gasteiger partial charge in [0.2, 0.25) is 0 Å². The van der Waals surface area contributed by atoms with Crippen LogP contribution >= 0.6 is 35.3 Å². The van der Waals surface area contributed by atoms with Crippen molar-refractivity contribution in [2.75, 3.05) is 14.1 Å². The van der Waals surface area contributed by atoms with Crippen molar-refractivity contribution in [1.82, 2.24) is 10.2 Å². The van der Waals surface area contributed by atoms with Crippen LogP contribution in [0.3, 0.4) is 0 Å². The van der Waals surface area contributed by atoms with E-state index in [1.807, 2.05) is 24.5 Å². The average molecular weight is 415 g/mol. The van der Waals surface area contributed by atoms with E-state index in [-0.39, 0.29) is 24.0 Å². The normalized spacial score (nSPS) is 10.9. The second kappa shape index (κ2) is 9.04. The van der Waals surface area contributed by atoms with Crippen LogP contribution in [0.2, 0.25) is 0 Å². The van der Waals surface area contributed by atoms with Crippen LogP contribution in [0.4, 0.5) is 0 Å². The van der Waals surface area contributed by atoms with Gasteiger partial charge in [0.25, 0.3) is 0 Å². The van der Waals surface area contributed by atoms with Gasteiger partial charge in [-0.2, -0.15) is 0 Å². The van der Waals surface area contributed by atoms with Crippen molar-refractivity contribution >= 4 is 41.3 Å². The Labute approximate surface area is 148 Å². The lowest BCUT2D eigenvalue weighted by Gasteiger charge is -2.22. The number of halogens is 1. The Balaban J connectivity index is 0.00000220. The minimum atomic E-state index is 0. The molecule has 1 aromatic carbocycles. The standard InChI is InChI=1S/C16H21N3S.HI/c1-13-9-10-15(20-13)11-18-16(17-2)19(3)12-14-7-5-4-6-8-14;/h4-10H,11-12H2,1-3H3,(H,17,18);1H. The summed E-state index contributed by atoms with van der Waals surface area (Å²) in [7, 11) is 3.88. The van der Waals surface area contributed by atoms with Crippen LogP contribution in [0.25, 0.3) is 0 Å². The van der Waals surface area contributed by atoms with E-state index in [4.69, 9.17) is 0 Å². The number of hydrogen-bond donors (Lipinski definition) is 1. The van der Waals surface area contributed by atoms with Gasteiger partial charge in [0.15, 0.2) is 5.96 Å². The molecule has 114 valence electrons. The summed E-state index contributed by atoms with van der Waals surface area (Å²) >= 11 is 1.82. The third-order valence-electron chi connectivity index (χ3n) is 3.05. The maximum Gasteiger partial charge on any atom is 0.193 e. The molecule has 0 aliphatic carbocycles. The van der Waals surface area contributed by atoms with Crippen molar-refractivity contribution in [3.05, 3.63) is 57.8 Å². The highest BCUT2D eigenvalue weighted by atomic mass is 127. The van der Waals surface area contributed by atoms with Gasteiger partial charge in [0, 0.05) is 30.4 Å². The molecule has 0 bridgehead atoms. The zero-order chi connectivity index (χ0) is 14.4. The molecule has 0 aliphatic rings. The Morgan fingerprint density at radius 2 is 1.90 bits per heavy atom. The van der Waals surface area contributed by atoms with E-state index in [1.165, 1.54) is 15.3 Å². The molecule has 0 fully saturated rings. The Hall–Kier alpha value is -1.08. The number of hydrogen-bond acceptors (Lipinski definition) is 2. The minimum Gasteiger partial charge on any atom is -0.351 e. The monoisotopic (exact) mass is 415 g/mol. The number of nitrogens with zero attached hydrogens (tertiary/aromatic N) is 2. The van der Waals surface area contributed by atoms with E-state index in [9.17, 15) is 0 Å². The molecule has 1 N–H and O–H groups in total. The smallest absolute Gasteiger partial charge is 0.193 e. The zero-order valence-corrected chi connectivity index (χ0v) is 15.8. The first kappa shape index (κ1) is 18.0. The van der Waals surface area contributed by atoms with Crippen LogP contribution < -0.4 is 5.32 Å². The van der Waals surface area contributed by atoms with Crippen molar-refractivity contribution in [2.24, 2.45) is 4.99 Å². The first-order chi connectivity index (χ1) is 9.69. The van der Waals surface area contributed by atoms with Gasteiger partial charge in [0.05, 0.1) is 6.54 Å². The van der Waals surface area contributed by atoms with Crippen molar-refractivity contribution in [2.45, 2.75) is 20.0 Å². The molecule has 2 rings (SSSR count). The molecule has 0 aliphatic heterocycles. The molecule has 0 unspecified atom stereocenters. The van der Waals surface area contributed by atoms with E-state index in [0.29, 0.717) is 0 Å². The zero-order valence-electron chi connectivity index (χ0n) is 12.7. The van der Waals surface area contributed by atoms with Gasteiger partial charge in [-0.3, -0.25) is 4.99 Å². The van der Waals surface area contributed by atoms with Crippen LogP contribution in [-0.2, 0) is 13.1 Å². The van der Waals surface area contributed by atoms with E-state index < -0.39 is 0 Å². The quantitative estimate of drug-likeness (QED) is 0.466. The SMILES string of the molecule is CN=C(NCc1ccc(C)s1)N(C)Cc1ccccc1.I. The summed E-state index contributed by atoms with van der Waals surface area (Å²) in [6.07, 6.45) is 0. The summed E-state index contributed by atoms with van der Waals surface area (Å²) in [5.41, 5.74) is 1.28. The predicted molar refractivity (Wildman–Crippen MR) is 103 cm³/mol. The summed E-state index contributed by atoms with van der Waals surface area (Å²) in [6, 6.07) is 14.7. The lowest BCUT2D eigenvalue weighted by Crippen LogP contribution is -2.37.